The quantitative estimate of drug-likeness (QED) is 0.439. The molecule has 4 aromatic rings. The summed E-state index contributed by atoms with van der Waals surface area (Å²) in [6, 6.07) is 15.7. The Morgan fingerprint density at radius 2 is 1.88 bits per heavy atom. The van der Waals surface area contributed by atoms with E-state index in [1.165, 1.54) is 16.5 Å². The van der Waals surface area contributed by atoms with Gasteiger partial charge in [0, 0.05) is 54.0 Å². The van der Waals surface area contributed by atoms with Crippen LogP contribution in [-0.2, 0) is 18.4 Å². The molecule has 0 radical (unpaired) electrons. The van der Waals surface area contributed by atoms with Crippen LogP contribution in [0.25, 0.3) is 10.9 Å². The minimum absolute atomic E-state index is 0.0183. The van der Waals surface area contributed by atoms with Crippen LogP contribution in [0.2, 0.25) is 5.02 Å². The van der Waals surface area contributed by atoms with E-state index >= 15 is 0 Å². The lowest BCUT2D eigenvalue weighted by atomic mass is 9.94. The summed E-state index contributed by atoms with van der Waals surface area (Å²) in [7, 11) is 2.09. The molecule has 0 bridgehead atoms. The molecule has 6 nitrogen and oxygen atoms in total. The van der Waals surface area contributed by atoms with Crippen molar-refractivity contribution in [3.8, 4) is 0 Å². The second-order valence-corrected chi connectivity index (χ2v) is 9.39. The molecule has 1 amide bonds. The summed E-state index contributed by atoms with van der Waals surface area (Å²) < 4.78 is 2.19. The van der Waals surface area contributed by atoms with E-state index in [2.05, 4.69) is 62.3 Å². The van der Waals surface area contributed by atoms with E-state index in [0.29, 0.717) is 10.7 Å². The molecule has 0 saturated carbocycles. The third-order valence-electron chi connectivity index (χ3n) is 6.70. The molecule has 1 fully saturated rings. The van der Waals surface area contributed by atoms with Crippen LogP contribution in [-0.4, -0.2) is 38.4 Å². The average molecular weight is 474 g/mol. The van der Waals surface area contributed by atoms with Crippen molar-refractivity contribution in [1.29, 1.82) is 0 Å². The van der Waals surface area contributed by atoms with Crippen molar-refractivity contribution in [2.24, 2.45) is 13.0 Å². The molecule has 2 aromatic heterocycles. The van der Waals surface area contributed by atoms with Gasteiger partial charge < -0.3 is 9.88 Å². The fourth-order valence-electron chi connectivity index (χ4n) is 4.85. The van der Waals surface area contributed by atoms with Gasteiger partial charge in [-0.2, -0.15) is 0 Å². The number of aromatic nitrogens is 3. The first-order valence-electron chi connectivity index (χ1n) is 11.7. The van der Waals surface area contributed by atoms with E-state index in [1.807, 2.05) is 24.3 Å². The van der Waals surface area contributed by atoms with Gasteiger partial charge in [-0.15, -0.1) is 0 Å². The number of aryl methyl sites for hydroxylation is 1. The summed E-state index contributed by atoms with van der Waals surface area (Å²) in [5.41, 5.74) is 4.24. The number of rotatable bonds is 6. The topological polar surface area (TPSA) is 63.1 Å². The fraction of sp³-hybridized carbons (Fsp3) is 0.296. The van der Waals surface area contributed by atoms with Crippen LogP contribution in [0, 0.1) is 5.92 Å². The number of benzene rings is 2. The first-order chi connectivity index (χ1) is 16.6. The lowest BCUT2D eigenvalue weighted by Crippen LogP contribution is -2.41. The second-order valence-electron chi connectivity index (χ2n) is 8.96. The Balaban J connectivity index is 1.24. The summed E-state index contributed by atoms with van der Waals surface area (Å²) >= 11 is 6.07. The number of nitrogens with zero attached hydrogens (tertiary/aromatic N) is 4. The summed E-state index contributed by atoms with van der Waals surface area (Å²) in [5.74, 6) is 0.0469. The van der Waals surface area contributed by atoms with Crippen LogP contribution >= 0.6 is 11.6 Å². The Hall–Kier alpha value is -3.22. The summed E-state index contributed by atoms with van der Waals surface area (Å²) in [6.07, 6.45) is 8.88. The summed E-state index contributed by atoms with van der Waals surface area (Å²) in [6.45, 7) is 2.71. The maximum Gasteiger partial charge on any atom is 0.224 e. The molecule has 0 spiro atoms. The van der Waals surface area contributed by atoms with Gasteiger partial charge in [0.2, 0.25) is 5.91 Å². The molecule has 1 N–H and O–H groups in total. The predicted octanol–water partition coefficient (Wildman–Crippen LogP) is 4.74. The molecule has 1 aliphatic heterocycles. The predicted molar refractivity (Wildman–Crippen MR) is 134 cm³/mol. The Bertz CT molecular complexity index is 1260. The summed E-state index contributed by atoms with van der Waals surface area (Å²) in [4.78, 5) is 24.3. The molecule has 7 heteroatoms. The normalized spacial score (nSPS) is 15.9. The van der Waals surface area contributed by atoms with Crippen molar-refractivity contribution in [2.45, 2.75) is 25.4 Å². The van der Waals surface area contributed by atoms with Gasteiger partial charge in [-0.3, -0.25) is 19.7 Å². The SMILES string of the molecule is Cn1cc(CN2CCC(C(=O)NC(c3ccc(Cl)cc3)c3cnccn3)CC2)c2ccccc21. The molecular weight excluding hydrogens is 446 g/mol. The second kappa shape index (κ2) is 9.95. The number of hydrogen-bond acceptors (Lipinski definition) is 4. The van der Waals surface area contributed by atoms with Crippen LogP contribution in [0.1, 0.15) is 35.7 Å². The molecule has 0 aliphatic carbocycles. The van der Waals surface area contributed by atoms with Crippen molar-refractivity contribution in [3.05, 3.63) is 95.2 Å². The van der Waals surface area contributed by atoms with Gasteiger partial charge in [0.15, 0.2) is 0 Å². The zero-order valence-corrected chi connectivity index (χ0v) is 19.9. The van der Waals surface area contributed by atoms with Crippen LogP contribution in [0.5, 0.6) is 0 Å². The monoisotopic (exact) mass is 473 g/mol. The number of amides is 1. The zero-order chi connectivity index (χ0) is 23.5. The highest BCUT2D eigenvalue weighted by Crippen LogP contribution is 2.27. The van der Waals surface area contributed by atoms with Crippen molar-refractivity contribution >= 4 is 28.4 Å². The Morgan fingerprint density at radius 1 is 1.12 bits per heavy atom. The van der Waals surface area contributed by atoms with Crippen LogP contribution in [0.15, 0.2) is 73.3 Å². The largest absolute Gasteiger partial charge is 0.350 e. The Kier molecular flexibility index (Phi) is 6.61. The maximum atomic E-state index is 13.3. The van der Waals surface area contributed by atoms with Crippen LogP contribution in [0.3, 0.4) is 0 Å². The highest BCUT2D eigenvalue weighted by atomic mass is 35.5. The van der Waals surface area contributed by atoms with Gasteiger partial charge in [0.25, 0.3) is 0 Å². The average Bonchev–Trinajstić information content (AvgIpc) is 3.19. The minimum atomic E-state index is -0.354. The summed E-state index contributed by atoms with van der Waals surface area (Å²) in [5, 5.41) is 5.19. The van der Waals surface area contributed by atoms with E-state index in [1.54, 1.807) is 18.6 Å². The molecule has 5 rings (SSSR count). The van der Waals surface area contributed by atoms with Crippen LogP contribution in [0.4, 0.5) is 0 Å². The van der Waals surface area contributed by atoms with Gasteiger partial charge >= 0.3 is 0 Å². The lowest BCUT2D eigenvalue weighted by molar-refractivity contribution is -0.127. The Morgan fingerprint density at radius 3 is 2.62 bits per heavy atom. The molecule has 1 aliphatic rings. The molecule has 1 atom stereocenters. The molecule has 1 saturated heterocycles. The number of carbonyl (C=O) groups is 1. The molecule has 3 heterocycles. The van der Waals surface area contributed by atoms with E-state index in [-0.39, 0.29) is 17.9 Å². The van der Waals surface area contributed by atoms with E-state index in [4.69, 9.17) is 11.6 Å². The van der Waals surface area contributed by atoms with Gasteiger partial charge in [0.05, 0.1) is 17.9 Å². The molecule has 34 heavy (non-hydrogen) atoms. The third kappa shape index (κ3) is 4.83. The van der Waals surface area contributed by atoms with E-state index in [9.17, 15) is 4.79 Å². The standard InChI is InChI=1S/C27H28ClN5O/c1-32-17-21(23-4-2-3-5-25(23)32)18-33-14-10-20(11-15-33)27(34)31-26(24-16-29-12-13-30-24)19-6-8-22(28)9-7-19/h2-9,12-13,16-17,20,26H,10-11,14-15,18H2,1H3,(H,31,34). The number of carbonyl (C=O) groups excluding carboxylic acids is 1. The fourth-order valence-corrected chi connectivity index (χ4v) is 4.97. The van der Waals surface area contributed by atoms with Crippen molar-refractivity contribution in [1.82, 2.24) is 24.8 Å². The smallest absolute Gasteiger partial charge is 0.224 e. The number of fused-ring (bicyclic) bond motifs is 1. The number of likely N-dealkylation sites (tertiary alicyclic amines) is 1. The molecule has 1 unspecified atom stereocenters. The number of nitrogens with one attached hydrogen (secondary N) is 1. The van der Waals surface area contributed by atoms with Gasteiger partial charge in [0.1, 0.15) is 0 Å². The van der Waals surface area contributed by atoms with Crippen LogP contribution < -0.4 is 5.32 Å². The maximum absolute atomic E-state index is 13.3. The number of piperidine rings is 1. The lowest BCUT2D eigenvalue weighted by Gasteiger charge is -2.32. The number of para-hydroxylation sites is 1. The van der Waals surface area contributed by atoms with E-state index < -0.39 is 0 Å². The van der Waals surface area contributed by atoms with Gasteiger partial charge in [-0.1, -0.05) is 41.9 Å². The van der Waals surface area contributed by atoms with Gasteiger partial charge in [-0.25, -0.2) is 0 Å². The van der Waals surface area contributed by atoms with Crippen molar-refractivity contribution < 1.29 is 4.79 Å². The molecule has 2 aromatic carbocycles. The first-order valence-corrected chi connectivity index (χ1v) is 12.0. The van der Waals surface area contributed by atoms with Crippen molar-refractivity contribution in [2.75, 3.05) is 13.1 Å². The third-order valence-corrected chi connectivity index (χ3v) is 6.95. The molecule has 174 valence electrons. The molecular formula is C27H28ClN5O. The number of halogens is 1. The first kappa shape index (κ1) is 22.6. The van der Waals surface area contributed by atoms with Gasteiger partial charge in [-0.05, 0) is 55.3 Å². The highest BCUT2D eigenvalue weighted by molar-refractivity contribution is 6.30. The number of hydrogen-bond donors (Lipinski definition) is 1. The highest BCUT2D eigenvalue weighted by Gasteiger charge is 2.28. The van der Waals surface area contributed by atoms with E-state index in [0.717, 1.165) is 38.0 Å². The minimum Gasteiger partial charge on any atom is -0.350 e. The zero-order valence-electron chi connectivity index (χ0n) is 19.2. The Labute approximate surface area is 204 Å². The van der Waals surface area contributed by atoms with Crippen molar-refractivity contribution in [3.63, 3.8) is 0 Å².